The zero-order valence-electron chi connectivity index (χ0n) is 17.7. The fraction of sp³-hybridized carbons (Fsp3) is 0.320. The standard InChI is InChI=1S/C25H25N3O3S/c29-24(28-20(17-31-25(28)30)13-18-7-3-1-4-8-18)22-16-27(14-19-9-5-2-6-10-19)15-21(22)23-26-11-12-32-23/h1-12,20-22H,13-17H2/t20-,21-,22-/m1/s1. The van der Waals surface area contributed by atoms with Gasteiger partial charge in [0, 0.05) is 37.1 Å². The van der Waals surface area contributed by atoms with Crippen LogP contribution in [-0.2, 0) is 22.5 Å². The fourth-order valence-corrected chi connectivity index (χ4v) is 5.52. The predicted molar refractivity (Wildman–Crippen MR) is 122 cm³/mol. The monoisotopic (exact) mass is 447 g/mol. The summed E-state index contributed by atoms with van der Waals surface area (Å²) in [7, 11) is 0. The van der Waals surface area contributed by atoms with Crippen LogP contribution in [0, 0.1) is 5.92 Å². The number of amides is 2. The second-order valence-electron chi connectivity index (χ2n) is 8.39. The zero-order valence-corrected chi connectivity index (χ0v) is 18.5. The Morgan fingerprint density at radius 3 is 2.44 bits per heavy atom. The molecular weight excluding hydrogens is 422 g/mol. The Morgan fingerprint density at radius 2 is 1.75 bits per heavy atom. The summed E-state index contributed by atoms with van der Waals surface area (Å²) in [5, 5.41) is 2.89. The molecule has 1 aromatic heterocycles. The van der Waals surface area contributed by atoms with Crippen molar-refractivity contribution in [3.8, 4) is 0 Å². The second-order valence-corrected chi connectivity index (χ2v) is 9.32. The van der Waals surface area contributed by atoms with Gasteiger partial charge in [0.1, 0.15) is 6.61 Å². The molecule has 2 fully saturated rings. The molecular formula is C25H25N3O3S. The van der Waals surface area contributed by atoms with Gasteiger partial charge in [-0.3, -0.25) is 9.69 Å². The minimum absolute atomic E-state index is 0.0306. The molecule has 0 unspecified atom stereocenters. The van der Waals surface area contributed by atoms with Crippen molar-refractivity contribution in [1.82, 2.24) is 14.8 Å². The Hall–Kier alpha value is -3.03. The molecule has 164 valence electrons. The molecule has 2 amide bonds. The van der Waals surface area contributed by atoms with Gasteiger partial charge >= 0.3 is 6.09 Å². The van der Waals surface area contributed by atoms with Gasteiger partial charge in [-0.1, -0.05) is 60.7 Å². The Morgan fingerprint density at radius 1 is 1.03 bits per heavy atom. The Labute approximate surface area is 191 Å². The summed E-state index contributed by atoms with van der Waals surface area (Å²) in [5.74, 6) is -0.505. The van der Waals surface area contributed by atoms with E-state index in [0.717, 1.165) is 23.7 Å². The van der Waals surface area contributed by atoms with E-state index in [1.54, 1.807) is 17.5 Å². The van der Waals surface area contributed by atoms with Crippen LogP contribution in [0.1, 0.15) is 22.1 Å². The number of hydrogen-bond donors (Lipinski definition) is 0. The van der Waals surface area contributed by atoms with Crippen molar-refractivity contribution in [3.05, 3.63) is 88.4 Å². The number of cyclic esters (lactones) is 1. The summed E-state index contributed by atoms with van der Waals surface area (Å²) in [4.78, 5) is 34.5. The number of likely N-dealkylation sites (tertiary alicyclic amines) is 1. The molecule has 2 aliphatic heterocycles. The minimum atomic E-state index is -0.532. The van der Waals surface area contributed by atoms with E-state index in [1.807, 2.05) is 53.9 Å². The molecule has 5 rings (SSSR count). The van der Waals surface area contributed by atoms with Crippen molar-refractivity contribution in [1.29, 1.82) is 0 Å². The van der Waals surface area contributed by atoms with Gasteiger partial charge in [0.05, 0.1) is 17.0 Å². The van der Waals surface area contributed by atoms with Crippen LogP contribution in [0.25, 0.3) is 0 Å². The van der Waals surface area contributed by atoms with Crippen LogP contribution in [0.5, 0.6) is 0 Å². The molecule has 2 saturated heterocycles. The molecule has 2 aromatic carbocycles. The highest BCUT2D eigenvalue weighted by atomic mass is 32.1. The number of ether oxygens (including phenoxy) is 1. The number of benzene rings is 2. The lowest BCUT2D eigenvalue weighted by Crippen LogP contribution is -2.45. The van der Waals surface area contributed by atoms with Crippen molar-refractivity contribution in [2.75, 3.05) is 19.7 Å². The van der Waals surface area contributed by atoms with Gasteiger partial charge in [0.2, 0.25) is 5.91 Å². The lowest BCUT2D eigenvalue weighted by Gasteiger charge is -2.25. The van der Waals surface area contributed by atoms with E-state index in [1.165, 1.54) is 10.5 Å². The molecule has 0 bridgehead atoms. The number of imide groups is 1. The molecule has 0 radical (unpaired) electrons. The van der Waals surface area contributed by atoms with Crippen LogP contribution in [0.2, 0.25) is 0 Å². The molecule has 3 heterocycles. The SMILES string of the molecule is O=C1OC[C@@H](Cc2ccccc2)N1C(=O)[C@@H]1CN(Cc2ccccc2)C[C@H]1c1nccs1. The topological polar surface area (TPSA) is 62.7 Å². The van der Waals surface area contributed by atoms with E-state index in [0.29, 0.717) is 13.0 Å². The van der Waals surface area contributed by atoms with Crippen molar-refractivity contribution in [2.45, 2.75) is 24.9 Å². The zero-order chi connectivity index (χ0) is 21.9. The number of thiazole rings is 1. The Bertz CT molecular complexity index is 1060. The molecule has 3 atom stereocenters. The smallest absolute Gasteiger partial charge is 0.416 e. The van der Waals surface area contributed by atoms with E-state index in [2.05, 4.69) is 22.0 Å². The third kappa shape index (κ3) is 4.31. The number of rotatable bonds is 6. The highest BCUT2D eigenvalue weighted by Gasteiger charge is 2.47. The van der Waals surface area contributed by atoms with E-state index in [4.69, 9.17) is 4.74 Å². The first kappa shape index (κ1) is 20.8. The number of carbonyl (C=O) groups is 2. The van der Waals surface area contributed by atoms with Crippen molar-refractivity contribution >= 4 is 23.3 Å². The van der Waals surface area contributed by atoms with Crippen LogP contribution in [0.15, 0.2) is 72.2 Å². The van der Waals surface area contributed by atoms with Crippen molar-refractivity contribution in [3.63, 3.8) is 0 Å². The first-order valence-corrected chi connectivity index (χ1v) is 11.8. The quantitative estimate of drug-likeness (QED) is 0.573. The maximum absolute atomic E-state index is 13.7. The maximum Gasteiger partial charge on any atom is 0.416 e. The van der Waals surface area contributed by atoms with Crippen LogP contribution >= 0.6 is 11.3 Å². The highest BCUT2D eigenvalue weighted by molar-refractivity contribution is 7.09. The van der Waals surface area contributed by atoms with E-state index >= 15 is 0 Å². The van der Waals surface area contributed by atoms with E-state index in [9.17, 15) is 9.59 Å². The molecule has 6 nitrogen and oxygen atoms in total. The summed E-state index contributed by atoms with van der Waals surface area (Å²) >= 11 is 1.57. The van der Waals surface area contributed by atoms with Gasteiger partial charge in [0.15, 0.2) is 0 Å². The van der Waals surface area contributed by atoms with Crippen LogP contribution < -0.4 is 0 Å². The fourth-order valence-electron chi connectivity index (χ4n) is 4.72. The summed E-state index contributed by atoms with van der Waals surface area (Å²) in [6.45, 7) is 2.34. The molecule has 0 aliphatic carbocycles. The van der Waals surface area contributed by atoms with Gasteiger partial charge in [0.25, 0.3) is 0 Å². The molecule has 3 aromatic rings. The van der Waals surface area contributed by atoms with Crippen LogP contribution in [-0.4, -0.2) is 52.5 Å². The van der Waals surface area contributed by atoms with Gasteiger partial charge in [-0.05, 0) is 17.5 Å². The van der Waals surface area contributed by atoms with Gasteiger partial charge in [-0.15, -0.1) is 11.3 Å². The van der Waals surface area contributed by atoms with E-state index < -0.39 is 6.09 Å². The Kier molecular flexibility index (Phi) is 6.01. The minimum Gasteiger partial charge on any atom is -0.447 e. The summed E-state index contributed by atoms with van der Waals surface area (Å²) in [6, 6.07) is 19.9. The molecule has 0 spiro atoms. The third-order valence-corrected chi connectivity index (χ3v) is 7.15. The lowest BCUT2D eigenvalue weighted by molar-refractivity contribution is -0.133. The van der Waals surface area contributed by atoms with E-state index in [-0.39, 0.29) is 30.4 Å². The van der Waals surface area contributed by atoms with Crippen LogP contribution in [0.3, 0.4) is 0 Å². The highest BCUT2D eigenvalue weighted by Crippen LogP contribution is 2.37. The first-order valence-electron chi connectivity index (χ1n) is 10.9. The third-order valence-electron chi connectivity index (χ3n) is 6.24. The van der Waals surface area contributed by atoms with Gasteiger partial charge in [-0.2, -0.15) is 0 Å². The summed E-state index contributed by atoms with van der Waals surface area (Å²) in [5.41, 5.74) is 2.29. The van der Waals surface area contributed by atoms with Crippen molar-refractivity contribution < 1.29 is 14.3 Å². The summed E-state index contributed by atoms with van der Waals surface area (Å²) < 4.78 is 5.32. The van der Waals surface area contributed by atoms with Gasteiger partial charge in [-0.25, -0.2) is 14.7 Å². The molecule has 0 N–H and O–H groups in total. The van der Waals surface area contributed by atoms with Gasteiger partial charge < -0.3 is 4.74 Å². The number of aromatic nitrogens is 1. The molecule has 32 heavy (non-hydrogen) atoms. The second kappa shape index (κ2) is 9.22. The average molecular weight is 448 g/mol. The molecule has 7 heteroatoms. The first-order chi connectivity index (χ1) is 15.7. The lowest BCUT2D eigenvalue weighted by atomic mass is 9.94. The summed E-state index contributed by atoms with van der Waals surface area (Å²) in [6.07, 6.45) is 1.85. The number of carbonyl (C=O) groups excluding carboxylic acids is 2. The van der Waals surface area contributed by atoms with Crippen LogP contribution in [0.4, 0.5) is 4.79 Å². The molecule has 0 saturated carbocycles. The molecule has 2 aliphatic rings. The number of hydrogen-bond acceptors (Lipinski definition) is 6. The van der Waals surface area contributed by atoms with Crippen molar-refractivity contribution in [2.24, 2.45) is 5.92 Å². The average Bonchev–Trinajstić information content (AvgIpc) is 3.55. The Balaban J connectivity index is 1.37. The largest absolute Gasteiger partial charge is 0.447 e. The number of nitrogens with zero attached hydrogens (tertiary/aromatic N) is 3. The maximum atomic E-state index is 13.7. The predicted octanol–water partition coefficient (Wildman–Crippen LogP) is 3.95. The normalized spacial score (nSPS) is 23.4.